The van der Waals surface area contributed by atoms with Crippen molar-refractivity contribution in [2.75, 3.05) is 0 Å². The number of benzene rings is 5. The van der Waals surface area contributed by atoms with Crippen molar-refractivity contribution in [2.24, 2.45) is 0 Å². The highest BCUT2D eigenvalue weighted by Gasteiger charge is 2.29. The Morgan fingerprint density at radius 2 is 1.21 bits per heavy atom. The standard InChI is InChI=1S/C52H52N4OSi/c1-51(2,3)39-31-42(49(57)43(32-39)52(4,5)6)50-55-48-46(56(50)45-23-17-16-22-41(45)35-20-14-11-15-21-35)26-27-53-47(48)38-29-36(34-18-12-10-13-19-34)28-37(30-38)44-25-24-40(33-54-44)58(7,8)9/h10-33,57H,1-9H3. The summed E-state index contributed by atoms with van der Waals surface area (Å²) in [5.74, 6) is 0.898. The molecule has 58 heavy (non-hydrogen) atoms. The Labute approximate surface area is 344 Å². The van der Waals surface area contributed by atoms with Gasteiger partial charge in [0.05, 0.1) is 36.2 Å². The number of rotatable bonds is 7. The van der Waals surface area contributed by atoms with Gasteiger partial charge in [-0.05, 0) is 80.7 Å². The number of phenols is 1. The van der Waals surface area contributed by atoms with E-state index in [0.29, 0.717) is 11.4 Å². The van der Waals surface area contributed by atoms with Crippen LogP contribution in [0.4, 0.5) is 0 Å². The number of fused-ring (bicyclic) bond motifs is 1. The molecule has 1 N–H and O–H groups in total. The van der Waals surface area contributed by atoms with Gasteiger partial charge in [-0.25, -0.2) is 4.98 Å². The van der Waals surface area contributed by atoms with E-state index < -0.39 is 8.07 Å². The molecule has 3 heterocycles. The maximum Gasteiger partial charge on any atom is 0.149 e. The SMILES string of the molecule is CC(C)(C)c1cc(-c2nc3c(-c4cc(-c5ccccc5)cc(-c5ccc([Si](C)(C)C)cn5)c4)nccc3n2-c2ccccc2-c2ccccc2)c(O)c(C(C)(C)C)c1. The highest BCUT2D eigenvalue weighted by Crippen LogP contribution is 2.45. The molecule has 6 heteroatoms. The van der Waals surface area contributed by atoms with Crippen molar-refractivity contribution in [1.29, 1.82) is 0 Å². The first-order chi connectivity index (χ1) is 27.6. The molecule has 0 aliphatic carbocycles. The van der Waals surface area contributed by atoms with Gasteiger partial charge in [0.2, 0.25) is 0 Å². The Kier molecular flexibility index (Phi) is 9.81. The van der Waals surface area contributed by atoms with Gasteiger partial charge in [-0.15, -0.1) is 0 Å². The van der Waals surface area contributed by atoms with E-state index in [2.05, 4.69) is 187 Å². The van der Waals surface area contributed by atoms with Crippen LogP contribution in [0.15, 0.2) is 146 Å². The van der Waals surface area contributed by atoms with Crippen LogP contribution >= 0.6 is 0 Å². The number of phenolic OH excluding ortho intramolecular Hbond substituents is 1. The van der Waals surface area contributed by atoms with Crippen molar-refractivity contribution in [3.63, 3.8) is 0 Å². The summed E-state index contributed by atoms with van der Waals surface area (Å²) in [5.41, 5.74) is 12.8. The number of imidazole rings is 1. The minimum Gasteiger partial charge on any atom is -0.507 e. The zero-order valence-electron chi connectivity index (χ0n) is 35.1. The quantitative estimate of drug-likeness (QED) is 0.164. The molecule has 8 aromatic rings. The van der Waals surface area contributed by atoms with Crippen molar-refractivity contribution in [3.05, 3.63) is 157 Å². The summed E-state index contributed by atoms with van der Waals surface area (Å²) in [6.45, 7) is 20.1. The van der Waals surface area contributed by atoms with E-state index in [0.717, 1.165) is 72.6 Å². The Morgan fingerprint density at radius 1 is 0.569 bits per heavy atom. The first kappa shape index (κ1) is 38.7. The highest BCUT2D eigenvalue weighted by molar-refractivity contribution is 6.88. The fourth-order valence-electron chi connectivity index (χ4n) is 7.70. The summed E-state index contributed by atoms with van der Waals surface area (Å²) in [6.07, 6.45) is 3.93. The van der Waals surface area contributed by atoms with Gasteiger partial charge in [0.25, 0.3) is 0 Å². The molecular weight excluding hydrogens is 725 g/mol. The monoisotopic (exact) mass is 776 g/mol. The van der Waals surface area contributed by atoms with Gasteiger partial charge in [0.1, 0.15) is 17.1 Å². The van der Waals surface area contributed by atoms with Crippen LogP contribution in [0.2, 0.25) is 19.6 Å². The number of aromatic hydroxyl groups is 1. The van der Waals surface area contributed by atoms with Crippen LogP contribution in [0.5, 0.6) is 5.75 Å². The fraction of sp³-hybridized carbons (Fsp3) is 0.212. The van der Waals surface area contributed by atoms with Crippen LogP contribution in [0, 0.1) is 0 Å². The van der Waals surface area contributed by atoms with Gasteiger partial charge in [-0.2, -0.15) is 0 Å². The van der Waals surface area contributed by atoms with Crippen LogP contribution < -0.4 is 5.19 Å². The van der Waals surface area contributed by atoms with Gasteiger partial charge in [0, 0.05) is 34.6 Å². The van der Waals surface area contributed by atoms with Gasteiger partial charge >= 0.3 is 0 Å². The van der Waals surface area contributed by atoms with Gasteiger partial charge < -0.3 is 5.11 Å². The van der Waals surface area contributed by atoms with Crippen molar-refractivity contribution in [2.45, 2.75) is 72.0 Å². The largest absolute Gasteiger partial charge is 0.507 e. The summed E-state index contributed by atoms with van der Waals surface area (Å²) in [5, 5.41) is 13.7. The normalized spacial score (nSPS) is 12.3. The molecular formula is C52H52N4OSi. The highest BCUT2D eigenvalue weighted by atomic mass is 28.3. The number of para-hydroxylation sites is 1. The predicted octanol–water partition coefficient (Wildman–Crippen LogP) is 13.0. The van der Waals surface area contributed by atoms with Gasteiger partial charge in [-0.1, -0.05) is 152 Å². The van der Waals surface area contributed by atoms with Crippen molar-refractivity contribution < 1.29 is 5.11 Å². The topological polar surface area (TPSA) is 63.8 Å². The van der Waals surface area contributed by atoms with Crippen LogP contribution in [0.1, 0.15) is 52.7 Å². The Hall–Kier alpha value is -6.11. The minimum atomic E-state index is -1.53. The average molecular weight is 777 g/mol. The van der Waals surface area contributed by atoms with Crippen molar-refractivity contribution in [3.8, 4) is 67.6 Å². The summed E-state index contributed by atoms with van der Waals surface area (Å²) >= 11 is 0. The summed E-state index contributed by atoms with van der Waals surface area (Å²) in [4.78, 5) is 15.7. The van der Waals surface area contributed by atoms with E-state index in [1.54, 1.807) is 0 Å². The first-order valence-electron chi connectivity index (χ1n) is 20.2. The minimum absolute atomic E-state index is 0.177. The van der Waals surface area contributed by atoms with E-state index in [1.165, 1.54) is 5.19 Å². The smallest absolute Gasteiger partial charge is 0.149 e. The number of aromatic nitrogens is 4. The first-order valence-corrected chi connectivity index (χ1v) is 23.7. The lowest BCUT2D eigenvalue weighted by atomic mass is 9.79. The maximum atomic E-state index is 12.4. The van der Waals surface area contributed by atoms with Crippen LogP contribution in [0.3, 0.4) is 0 Å². The van der Waals surface area contributed by atoms with Gasteiger partial charge in [0.15, 0.2) is 0 Å². The third-order valence-electron chi connectivity index (χ3n) is 11.1. The van der Waals surface area contributed by atoms with E-state index >= 15 is 0 Å². The van der Waals surface area contributed by atoms with Gasteiger partial charge in [-0.3, -0.25) is 14.5 Å². The molecule has 0 spiro atoms. The lowest BCUT2D eigenvalue weighted by Crippen LogP contribution is -2.37. The third kappa shape index (κ3) is 7.41. The fourth-order valence-corrected chi connectivity index (χ4v) is 8.73. The molecule has 290 valence electrons. The second-order valence-corrected chi connectivity index (χ2v) is 23.5. The Balaban J connectivity index is 1.45. The van der Waals surface area contributed by atoms with E-state index in [4.69, 9.17) is 15.0 Å². The second kappa shape index (κ2) is 14.7. The van der Waals surface area contributed by atoms with Crippen LogP contribution in [-0.4, -0.2) is 32.7 Å². The van der Waals surface area contributed by atoms with Crippen molar-refractivity contribution in [1.82, 2.24) is 19.5 Å². The van der Waals surface area contributed by atoms with E-state index in [-0.39, 0.29) is 16.6 Å². The average Bonchev–Trinajstić information content (AvgIpc) is 3.60. The molecule has 5 nitrogen and oxygen atoms in total. The van der Waals surface area contributed by atoms with E-state index in [1.807, 2.05) is 24.4 Å². The summed E-state index contributed by atoms with van der Waals surface area (Å²) in [6, 6.07) is 46.7. The van der Waals surface area contributed by atoms with Crippen LogP contribution in [0.25, 0.3) is 72.9 Å². The zero-order chi connectivity index (χ0) is 41.0. The predicted molar refractivity (Wildman–Crippen MR) is 246 cm³/mol. The zero-order valence-corrected chi connectivity index (χ0v) is 36.1. The third-order valence-corrected chi connectivity index (χ3v) is 13.1. The lowest BCUT2D eigenvalue weighted by Gasteiger charge is -2.27. The molecule has 0 bridgehead atoms. The van der Waals surface area contributed by atoms with E-state index in [9.17, 15) is 5.11 Å². The number of hydrogen-bond donors (Lipinski definition) is 1. The molecule has 8 rings (SSSR count). The molecule has 0 aliphatic rings. The molecule has 0 atom stereocenters. The number of nitrogens with zero attached hydrogens (tertiary/aromatic N) is 4. The molecule has 0 saturated heterocycles. The van der Waals surface area contributed by atoms with Crippen molar-refractivity contribution >= 4 is 24.3 Å². The van der Waals surface area contributed by atoms with Crippen LogP contribution in [-0.2, 0) is 10.8 Å². The molecule has 0 aliphatic heterocycles. The Morgan fingerprint density at radius 3 is 1.84 bits per heavy atom. The molecule has 0 unspecified atom stereocenters. The molecule has 0 radical (unpaired) electrons. The molecule has 0 amide bonds. The maximum absolute atomic E-state index is 12.4. The molecule has 0 saturated carbocycles. The lowest BCUT2D eigenvalue weighted by molar-refractivity contribution is 0.446. The molecule has 0 fully saturated rings. The molecule has 3 aromatic heterocycles. The number of pyridine rings is 2. The molecule has 5 aromatic carbocycles. The Bertz CT molecular complexity index is 2770. The number of hydrogen-bond acceptors (Lipinski definition) is 4. The second-order valence-electron chi connectivity index (χ2n) is 18.4. The summed E-state index contributed by atoms with van der Waals surface area (Å²) < 4.78 is 2.22. The summed E-state index contributed by atoms with van der Waals surface area (Å²) in [7, 11) is -1.53.